The number of carboxylic acid groups (broad SMARTS) is 1. The van der Waals surface area contributed by atoms with Gasteiger partial charge in [-0.2, -0.15) is 8.78 Å². The Morgan fingerprint density at radius 1 is 1.62 bits per heavy atom. The Bertz CT molecular complexity index is 90.5. The number of rotatable bonds is 1. The van der Waals surface area contributed by atoms with Crippen molar-refractivity contribution in [3.05, 3.63) is 0 Å². The maximum atomic E-state index is 11.2. The van der Waals surface area contributed by atoms with Crippen LogP contribution in [0.5, 0.6) is 0 Å². The topological polar surface area (TPSA) is 37.3 Å². The summed E-state index contributed by atoms with van der Waals surface area (Å²) in [4.78, 5) is 5.45. The molecule has 0 saturated heterocycles. The Kier molecular flexibility index (Phi) is 6.52. The minimum atomic E-state index is -3.77. The second-order valence-corrected chi connectivity index (χ2v) is 1.80. The molecule has 6 heteroatoms. The van der Waals surface area contributed by atoms with E-state index in [1.807, 2.05) is 0 Å². The zero-order valence-electron chi connectivity index (χ0n) is 2.99. The van der Waals surface area contributed by atoms with Crippen LogP contribution in [0.15, 0.2) is 0 Å². The zero-order valence-corrected chi connectivity index (χ0v) is 4.58. The van der Waals surface area contributed by atoms with Crippen molar-refractivity contribution in [3.63, 3.8) is 0 Å². The van der Waals surface area contributed by atoms with Crippen LogP contribution in [0.3, 0.4) is 0 Å². The standard InChI is InChI=1S/C2HBrF2O2.K.H/c3-2(4,5)1(6)7;;/h(H,6,7);;. The predicted molar refractivity (Wildman–Crippen MR) is 28.7 cm³/mol. The SMILES string of the molecule is O=C(O)C(F)(F)Br.[KH]. The van der Waals surface area contributed by atoms with Gasteiger partial charge in [-0.05, 0) is 0 Å². The Morgan fingerprint density at radius 2 is 1.75 bits per heavy atom. The van der Waals surface area contributed by atoms with Gasteiger partial charge in [-0.25, -0.2) is 4.79 Å². The molecule has 0 aliphatic rings. The zero-order chi connectivity index (χ0) is 6.08. The molecule has 0 radical (unpaired) electrons. The van der Waals surface area contributed by atoms with E-state index >= 15 is 0 Å². The van der Waals surface area contributed by atoms with Crippen molar-refractivity contribution in [1.29, 1.82) is 0 Å². The molecular formula is C2H2BrF2KO2. The molecule has 8 heavy (non-hydrogen) atoms. The van der Waals surface area contributed by atoms with E-state index in [9.17, 15) is 13.6 Å². The van der Waals surface area contributed by atoms with Crippen molar-refractivity contribution < 1.29 is 18.7 Å². The van der Waals surface area contributed by atoms with Gasteiger partial charge in [0.05, 0.1) is 0 Å². The van der Waals surface area contributed by atoms with E-state index in [-0.39, 0.29) is 51.4 Å². The summed E-state index contributed by atoms with van der Waals surface area (Å²) in [7, 11) is 0. The molecule has 0 aliphatic heterocycles. The second-order valence-electron chi connectivity index (χ2n) is 0.803. The fraction of sp³-hybridized carbons (Fsp3) is 0.500. The van der Waals surface area contributed by atoms with Crippen LogP contribution in [0.2, 0.25) is 0 Å². The third-order valence-electron chi connectivity index (χ3n) is 0.243. The summed E-state index contributed by atoms with van der Waals surface area (Å²) >= 11 is 1.61. The summed E-state index contributed by atoms with van der Waals surface area (Å²) < 4.78 is 22.3. The van der Waals surface area contributed by atoms with Gasteiger partial charge >= 0.3 is 62.2 Å². The summed E-state index contributed by atoms with van der Waals surface area (Å²) in [6, 6.07) is 0. The molecule has 0 atom stereocenters. The molecule has 44 valence electrons. The van der Waals surface area contributed by atoms with E-state index in [4.69, 9.17) is 5.11 Å². The minimum absolute atomic E-state index is 0. The number of hydrogen-bond acceptors (Lipinski definition) is 1. The number of aliphatic carboxylic acids is 1. The Hall–Kier alpha value is 1.45. The van der Waals surface area contributed by atoms with Gasteiger partial charge in [0.2, 0.25) is 0 Å². The molecule has 0 saturated carbocycles. The average molecular weight is 215 g/mol. The number of halogens is 3. The molecule has 0 heterocycles. The quantitative estimate of drug-likeness (QED) is 0.508. The summed E-state index contributed by atoms with van der Waals surface area (Å²) in [6.45, 7) is 0. The van der Waals surface area contributed by atoms with Crippen LogP contribution in [-0.4, -0.2) is 67.3 Å². The monoisotopic (exact) mass is 214 g/mol. The molecule has 0 bridgehead atoms. The molecule has 0 aliphatic carbocycles. The van der Waals surface area contributed by atoms with Crippen molar-refractivity contribution in [1.82, 2.24) is 0 Å². The van der Waals surface area contributed by atoms with E-state index < -0.39 is 10.8 Å². The molecule has 0 rings (SSSR count). The maximum absolute atomic E-state index is 11.2. The van der Waals surface area contributed by atoms with Crippen LogP contribution in [0, 0.1) is 0 Å². The molecule has 0 aromatic carbocycles. The molecule has 0 spiro atoms. The number of hydrogen-bond donors (Lipinski definition) is 1. The average Bonchev–Trinajstić information content (AvgIpc) is 1.31. The summed E-state index contributed by atoms with van der Waals surface area (Å²) in [5, 5.41) is 7.45. The van der Waals surface area contributed by atoms with Crippen molar-refractivity contribution in [2.75, 3.05) is 0 Å². The fourth-order valence-corrected chi connectivity index (χ4v) is 0. The van der Waals surface area contributed by atoms with Gasteiger partial charge in [-0.15, -0.1) is 0 Å². The van der Waals surface area contributed by atoms with E-state index in [0.29, 0.717) is 0 Å². The van der Waals surface area contributed by atoms with Gasteiger partial charge in [0.15, 0.2) is 0 Å². The van der Waals surface area contributed by atoms with Gasteiger partial charge in [0, 0.05) is 15.9 Å². The van der Waals surface area contributed by atoms with Gasteiger partial charge < -0.3 is 5.11 Å². The first-order chi connectivity index (χ1) is 2.94. The first-order valence-electron chi connectivity index (χ1n) is 1.24. The van der Waals surface area contributed by atoms with Crippen molar-refractivity contribution in [2.24, 2.45) is 0 Å². The summed E-state index contributed by atoms with van der Waals surface area (Å²) in [5.74, 6) is -2.17. The van der Waals surface area contributed by atoms with E-state index in [2.05, 4.69) is 0 Å². The third-order valence-corrected chi connectivity index (χ3v) is 0.582. The number of carboxylic acids is 1. The molecule has 0 amide bonds. The van der Waals surface area contributed by atoms with Gasteiger partial charge in [0.25, 0.3) is 0 Å². The molecule has 0 aromatic rings. The van der Waals surface area contributed by atoms with Crippen LogP contribution < -0.4 is 0 Å². The molecule has 1 N–H and O–H groups in total. The van der Waals surface area contributed by atoms with Crippen molar-refractivity contribution >= 4 is 73.3 Å². The molecule has 0 aromatic heterocycles. The molecule has 2 nitrogen and oxygen atoms in total. The first-order valence-corrected chi connectivity index (χ1v) is 2.04. The van der Waals surface area contributed by atoms with Gasteiger partial charge in [-0.1, -0.05) is 0 Å². The Morgan fingerprint density at radius 3 is 1.75 bits per heavy atom. The van der Waals surface area contributed by atoms with Gasteiger partial charge in [0.1, 0.15) is 0 Å². The third kappa shape index (κ3) is 5.58. The van der Waals surface area contributed by atoms with E-state index in [0.717, 1.165) is 0 Å². The van der Waals surface area contributed by atoms with Crippen molar-refractivity contribution in [3.8, 4) is 0 Å². The van der Waals surface area contributed by atoms with Crippen LogP contribution in [0.1, 0.15) is 0 Å². The molecule has 0 fully saturated rings. The van der Waals surface area contributed by atoms with Gasteiger partial charge in [-0.3, -0.25) is 0 Å². The summed E-state index contributed by atoms with van der Waals surface area (Å²) in [5.41, 5.74) is 0. The molecule has 0 unspecified atom stereocenters. The van der Waals surface area contributed by atoms with E-state index in [1.165, 1.54) is 0 Å². The first kappa shape index (κ1) is 12.2. The normalized spacial score (nSPS) is 9.88. The number of carbonyl (C=O) groups is 1. The van der Waals surface area contributed by atoms with Crippen LogP contribution >= 0.6 is 15.9 Å². The van der Waals surface area contributed by atoms with E-state index in [1.54, 1.807) is 15.9 Å². The van der Waals surface area contributed by atoms with Crippen molar-refractivity contribution in [2.45, 2.75) is 4.83 Å². The Labute approximate surface area is 95.2 Å². The fourth-order valence-electron chi connectivity index (χ4n) is 0. The Balaban J connectivity index is 0. The molecular weight excluding hydrogens is 213 g/mol. The summed E-state index contributed by atoms with van der Waals surface area (Å²) in [6.07, 6.45) is 0. The number of alkyl halides is 3. The van der Waals surface area contributed by atoms with Crippen LogP contribution in [0.4, 0.5) is 8.78 Å². The predicted octanol–water partition coefficient (Wildman–Crippen LogP) is 0.410. The van der Waals surface area contributed by atoms with Crippen LogP contribution in [0.25, 0.3) is 0 Å². The second kappa shape index (κ2) is 4.29. The van der Waals surface area contributed by atoms with Crippen LogP contribution in [-0.2, 0) is 4.79 Å².